The first-order valence-corrected chi connectivity index (χ1v) is 9.99. The van der Waals surface area contributed by atoms with Crippen LogP contribution in [0.25, 0.3) is 0 Å². The van der Waals surface area contributed by atoms with Gasteiger partial charge in [-0.05, 0) is 12.8 Å². The summed E-state index contributed by atoms with van der Waals surface area (Å²) in [5, 5.41) is 0. The maximum atomic E-state index is 11.7. The molecule has 0 N–H and O–H groups in total. The molecule has 19 heavy (non-hydrogen) atoms. The first-order valence-electron chi connectivity index (χ1n) is 7.66. The second-order valence-electron chi connectivity index (χ2n) is 4.88. The molecule has 0 aliphatic heterocycles. The SMILES string of the molecule is CCCCCCCOS(=O)(=S)OCCCCCCC. The van der Waals surface area contributed by atoms with Crippen LogP contribution in [0.4, 0.5) is 0 Å². The van der Waals surface area contributed by atoms with Gasteiger partial charge >= 0.3 is 0 Å². The molecule has 0 spiro atoms. The largest absolute Gasteiger partial charge is 0.270 e. The molecule has 0 aromatic heterocycles. The van der Waals surface area contributed by atoms with Crippen molar-refractivity contribution in [3.63, 3.8) is 0 Å². The van der Waals surface area contributed by atoms with E-state index >= 15 is 0 Å². The van der Waals surface area contributed by atoms with Gasteiger partial charge in [-0.3, -0.25) is 8.37 Å². The van der Waals surface area contributed by atoms with Crippen molar-refractivity contribution >= 4 is 20.2 Å². The van der Waals surface area contributed by atoms with Gasteiger partial charge in [-0.2, -0.15) is 4.21 Å². The minimum absolute atomic E-state index is 0.446. The lowest BCUT2D eigenvalue weighted by molar-refractivity contribution is 0.238. The highest BCUT2D eigenvalue weighted by molar-refractivity contribution is 8.27. The third-order valence-electron chi connectivity index (χ3n) is 2.95. The molecule has 0 amide bonds. The molecule has 0 aliphatic carbocycles. The van der Waals surface area contributed by atoms with Crippen LogP contribution >= 0.6 is 0 Å². The highest BCUT2D eigenvalue weighted by Gasteiger charge is 2.06. The molecule has 116 valence electrons. The lowest BCUT2D eigenvalue weighted by atomic mass is 10.2. The third-order valence-corrected chi connectivity index (χ3v) is 4.44. The summed E-state index contributed by atoms with van der Waals surface area (Å²) in [6.07, 6.45) is 11.4. The van der Waals surface area contributed by atoms with Crippen molar-refractivity contribution in [2.24, 2.45) is 0 Å². The maximum Gasteiger partial charge on any atom is 0.269 e. The molecule has 3 nitrogen and oxygen atoms in total. The summed E-state index contributed by atoms with van der Waals surface area (Å²) < 4.78 is 22.0. The van der Waals surface area contributed by atoms with Crippen molar-refractivity contribution in [2.75, 3.05) is 13.2 Å². The monoisotopic (exact) mass is 310 g/mol. The zero-order valence-electron chi connectivity index (χ0n) is 12.5. The number of hydrogen-bond donors (Lipinski definition) is 0. The van der Waals surface area contributed by atoms with Crippen LogP contribution in [0, 0.1) is 0 Å². The lowest BCUT2D eigenvalue weighted by Gasteiger charge is -2.08. The molecule has 0 saturated heterocycles. The zero-order chi connectivity index (χ0) is 14.4. The lowest BCUT2D eigenvalue weighted by Crippen LogP contribution is -2.10. The molecule has 0 heterocycles. The van der Waals surface area contributed by atoms with Crippen LogP contribution in [0.5, 0.6) is 0 Å². The van der Waals surface area contributed by atoms with Gasteiger partial charge in [0, 0.05) is 11.2 Å². The molecule has 5 heteroatoms. The summed E-state index contributed by atoms with van der Waals surface area (Å²) in [5.41, 5.74) is 0. The quantitative estimate of drug-likeness (QED) is 0.441. The van der Waals surface area contributed by atoms with Crippen LogP contribution in [0.15, 0.2) is 0 Å². The van der Waals surface area contributed by atoms with E-state index in [4.69, 9.17) is 19.6 Å². The van der Waals surface area contributed by atoms with Crippen LogP contribution in [0.1, 0.15) is 78.1 Å². The molecule has 0 bridgehead atoms. The topological polar surface area (TPSA) is 35.5 Å². The van der Waals surface area contributed by atoms with Crippen molar-refractivity contribution in [3.05, 3.63) is 0 Å². The highest BCUT2D eigenvalue weighted by Crippen LogP contribution is 2.07. The van der Waals surface area contributed by atoms with E-state index < -0.39 is 9.05 Å². The van der Waals surface area contributed by atoms with Gasteiger partial charge in [-0.25, -0.2) is 0 Å². The minimum Gasteiger partial charge on any atom is -0.270 e. The Morgan fingerprint density at radius 2 is 1.11 bits per heavy atom. The Morgan fingerprint density at radius 1 is 0.737 bits per heavy atom. The summed E-state index contributed by atoms with van der Waals surface area (Å²) >= 11 is 4.83. The summed E-state index contributed by atoms with van der Waals surface area (Å²) in [6, 6.07) is 0. The molecule has 0 saturated carbocycles. The third kappa shape index (κ3) is 14.5. The minimum atomic E-state index is -2.93. The van der Waals surface area contributed by atoms with Gasteiger partial charge in [0.2, 0.25) is 0 Å². The fourth-order valence-corrected chi connectivity index (χ4v) is 2.89. The molecule has 0 aliphatic rings. The van der Waals surface area contributed by atoms with Crippen LogP contribution < -0.4 is 0 Å². The van der Waals surface area contributed by atoms with Crippen LogP contribution in [-0.2, 0) is 28.6 Å². The summed E-state index contributed by atoms with van der Waals surface area (Å²) in [7, 11) is -2.93. The number of hydrogen-bond acceptors (Lipinski definition) is 4. The first kappa shape index (κ1) is 19.3. The van der Waals surface area contributed by atoms with E-state index in [1.807, 2.05) is 0 Å². The van der Waals surface area contributed by atoms with E-state index in [0.717, 1.165) is 25.7 Å². The molecule has 0 aromatic rings. The van der Waals surface area contributed by atoms with Gasteiger partial charge in [0.15, 0.2) is 0 Å². The van der Waals surface area contributed by atoms with Crippen molar-refractivity contribution in [2.45, 2.75) is 78.1 Å². The predicted octanol–water partition coefficient (Wildman–Crippen LogP) is 4.54. The average Bonchev–Trinajstić information content (AvgIpc) is 2.38. The molecule has 0 aromatic carbocycles. The first-order chi connectivity index (χ1) is 9.12. The van der Waals surface area contributed by atoms with Gasteiger partial charge in [0.05, 0.1) is 13.2 Å². The molecule has 0 atom stereocenters. The normalized spacial score (nSPS) is 11.9. The Labute approximate surface area is 124 Å². The Morgan fingerprint density at radius 3 is 1.47 bits per heavy atom. The Kier molecular flexibility index (Phi) is 13.5. The molecule has 0 radical (unpaired) electrons. The van der Waals surface area contributed by atoms with Crippen molar-refractivity contribution in [1.82, 2.24) is 0 Å². The van der Waals surface area contributed by atoms with E-state index in [9.17, 15) is 4.21 Å². The second-order valence-corrected chi connectivity index (χ2v) is 7.39. The zero-order valence-corrected chi connectivity index (χ0v) is 14.2. The van der Waals surface area contributed by atoms with Gasteiger partial charge in [0.1, 0.15) is 0 Å². The van der Waals surface area contributed by atoms with Crippen molar-refractivity contribution < 1.29 is 12.6 Å². The highest BCUT2D eigenvalue weighted by atomic mass is 32.9. The predicted molar refractivity (Wildman–Crippen MR) is 84.9 cm³/mol. The second kappa shape index (κ2) is 13.3. The van der Waals surface area contributed by atoms with Gasteiger partial charge in [0.25, 0.3) is 9.05 Å². The van der Waals surface area contributed by atoms with E-state index in [0.29, 0.717) is 13.2 Å². The molecular weight excluding hydrogens is 280 g/mol. The molecular formula is C14H30O3S2. The Bertz CT molecular complexity index is 254. The Hall–Kier alpha value is 0.290. The fourth-order valence-electron chi connectivity index (χ4n) is 1.77. The fraction of sp³-hybridized carbons (Fsp3) is 1.00. The standard InChI is InChI=1S/C14H30O3S2/c1-3-5-7-9-11-13-16-19(15,18)17-14-12-10-8-6-4-2/h3-14H2,1-2H3. The molecule has 0 fully saturated rings. The number of rotatable bonds is 14. The van der Waals surface area contributed by atoms with Crippen LogP contribution in [0.2, 0.25) is 0 Å². The average molecular weight is 311 g/mol. The van der Waals surface area contributed by atoms with E-state index in [-0.39, 0.29) is 0 Å². The molecule has 0 rings (SSSR count). The summed E-state index contributed by atoms with van der Waals surface area (Å²) in [4.78, 5) is 0. The van der Waals surface area contributed by atoms with Crippen molar-refractivity contribution in [3.8, 4) is 0 Å². The van der Waals surface area contributed by atoms with Gasteiger partial charge < -0.3 is 0 Å². The Balaban J connectivity index is 3.42. The van der Waals surface area contributed by atoms with E-state index in [1.165, 1.54) is 38.5 Å². The maximum absolute atomic E-state index is 11.7. The van der Waals surface area contributed by atoms with Gasteiger partial charge in [-0.15, -0.1) is 0 Å². The van der Waals surface area contributed by atoms with Gasteiger partial charge in [-0.1, -0.05) is 65.2 Å². The van der Waals surface area contributed by atoms with Crippen LogP contribution in [-0.4, -0.2) is 17.4 Å². The summed E-state index contributed by atoms with van der Waals surface area (Å²) in [5.74, 6) is 0. The molecule has 0 unspecified atom stereocenters. The van der Waals surface area contributed by atoms with Crippen molar-refractivity contribution in [1.29, 1.82) is 0 Å². The smallest absolute Gasteiger partial charge is 0.269 e. The number of unbranched alkanes of at least 4 members (excludes halogenated alkanes) is 8. The van der Waals surface area contributed by atoms with E-state index in [2.05, 4.69) is 13.8 Å². The van der Waals surface area contributed by atoms with Crippen LogP contribution in [0.3, 0.4) is 0 Å². The summed E-state index contributed by atoms with van der Waals surface area (Å²) in [6.45, 7) is 5.26. The van der Waals surface area contributed by atoms with E-state index in [1.54, 1.807) is 0 Å².